The Kier molecular flexibility index (Phi) is 5.21. The van der Waals surface area contributed by atoms with Gasteiger partial charge in [0.25, 0.3) is 0 Å². The molecule has 2 heterocycles. The molecule has 1 saturated heterocycles. The second-order valence-electron chi connectivity index (χ2n) is 6.50. The standard InChI is InChI=1S/C15H23N3O5S/c1-24(20,21)10-15(19)16-11-2-3-14-12(8-11)13(17-23-14)9-18-4-6-22-7-5-18/h11H,2-10H2,1H3,(H,16,19). The summed E-state index contributed by atoms with van der Waals surface area (Å²) >= 11 is 0. The number of hydrogen-bond acceptors (Lipinski definition) is 7. The Morgan fingerprint density at radius 1 is 1.38 bits per heavy atom. The molecule has 1 fully saturated rings. The van der Waals surface area contributed by atoms with E-state index in [1.54, 1.807) is 0 Å². The number of aryl methyl sites for hydroxylation is 1. The summed E-state index contributed by atoms with van der Waals surface area (Å²) in [5.41, 5.74) is 1.96. The minimum absolute atomic E-state index is 0.0745. The van der Waals surface area contributed by atoms with E-state index in [1.165, 1.54) is 0 Å². The molecule has 1 aliphatic carbocycles. The van der Waals surface area contributed by atoms with Crippen LogP contribution >= 0.6 is 0 Å². The van der Waals surface area contributed by atoms with Crippen molar-refractivity contribution in [2.45, 2.75) is 31.8 Å². The summed E-state index contributed by atoms with van der Waals surface area (Å²) in [6.07, 6.45) is 3.13. The summed E-state index contributed by atoms with van der Waals surface area (Å²) in [5.74, 6) is -0.0373. The van der Waals surface area contributed by atoms with Gasteiger partial charge in [-0.1, -0.05) is 5.16 Å². The van der Waals surface area contributed by atoms with Crippen LogP contribution in [0.2, 0.25) is 0 Å². The number of hydrogen-bond donors (Lipinski definition) is 1. The summed E-state index contributed by atoms with van der Waals surface area (Å²) < 4.78 is 33.2. The van der Waals surface area contributed by atoms with Crippen LogP contribution in [0.1, 0.15) is 23.4 Å². The first kappa shape index (κ1) is 17.4. The minimum Gasteiger partial charge on any atom is -0.379 e. The Balaban J connectivity index is 1.62. The highest BCUT2D eigenvalue weighted by Gasteiger charge is 2.28. The van der Waals surface area contributed by atoms with E-state index >= 15 is 0 Å². The molecule has 0 spiro atoms. The summed E-state index contributed by atoms with van der Waals surface area (Å²) in [4.78, 5) is 14.1. The summed E-state index contributed by atoms with van der Waals surface area (Å²) in [5, 5.41) is 7.01. The van der Waals surface area contributed by atoms with Crippen LogP contribution < -0.4 is 5.32 Å². The zero-order valence-corrected chi connectivity index (χ0v) is 14.6. The van der Waals surface area contributed by atoms with Crippen LogP contribution in [-0.2, 0) is 38.8 Å². The molecule has 1 unspecified atom stereocenters. The fourth-order valence-corrected chi connectivity index (χ4v) is 3.75. The number of nitrogens with one attached hydrogen (secondary N) is 1. The van der Waals surface area contributed by atoms with Crippen LogP contribution in [0.4, 0.5) is 0 Å². The molecule has 1 amide bonds. The maximum absolute atomic E-state index is 11.8. The van der Waals surface area contributed by atoms with Gasteiger partial charge in [-0.2, -0.15) is 0 Å². The predicted molar refractivity (Wildman–Crippen MR) is 86.3 cm³/mol. The van der Waals surface area contributed by atoms with Crippen molar-refractivity contribution >= 4 is 15.7 Å². The van der Waals surface area contributed by atoms with E-state index in [1.807, 2.05) is 0 Å². The van der Waals surface area contributed by atoms with E-state index in [0.29, 0.717) is 19.4 Å². The van der Waals surface area contributed by atoms with E-state index in [4.69, 9.17) is 9.26 Å². The van der Waals surface area contributed by atoms with Crippen molar-refractivity contribution in [1.29, 1.82) is 0 Å². The van der Waals surface area contributed by atoms with E-state index in [-0.39, 0.29) is 6.04 Å². The van der Waals surface area contributed by atoms with Crippen LogP contribution in [0, 0.1) is 0 Å². The molecule has 3 rings (SSSR count). The Morgan fingerprint density at radius 2 is 2.12 bits per heavy atom. The van der Waals surface area contributed by atoms with Gasteiger partial charge in [-0.3, -0.25) is 9.69 Å². The smallest absolute Gasteiger partial charge is 0.235 e. The molecule has 1 atom stereocenters. The minimum atomic E-state index is -3.31. The molecule has 8 nitrogen and oxygen atoms in total. The predicted octanol–water partition coefficient (Wildman–Crippen LogP) is -0.475. The molecule has 0 saturated carbocycles. The number of carbonyl (C=O) groups is 1. The first-order valence-corrected chi connectivity index (χ1v) is 10.2. The van der Waals surface area contributed by atoms with Crippen molar-refractivity contribution < 1.29 is 22.5 Å². The van der Waals surface area contributed by atoms with Crippen LogP contribution in [0.25, 0.3) is 0 Å². The van der Waals surface area contributed by atoms with Crippen LogP contribution in [0.5, 0.6) is 0 Å². The normalized spacial score (nSPS) is 22.1. The fraction of sp³-hybridized carbons (Fsp3) is 0.733. The molecule has 24 heavy (non-hydrogen) atoms. The molecule has 1 aromatic heterocycles. The number of carbonyl (C=O) groups excluding carboxylic acids is 1. The lowest BCUT2D eigenvalue weighted by Gasteiger charge is -2.27. The van der Waals surface area contributed by atoms with Gasteiger partial charge < -0.3 is 14.6 Å². The highest BCUT2D eigenvalue weighted by molar-refractivity contribution is 7.91. The molecule has 2 aliphatic rings. The van der Waals surface area contributed by atoms with E-state index in [9.17, 15) is 13.2 Å². The number of fused-ring (bicyclic) bond motifs is 1. The van der Waals surface area contributed by atoms with Crippen molar-refractivity contribution in [1.82, 2.24) is 15.4 Å². The van der Waals surface area contributed by atoms with E-state index < -0.39 is 21.5 Å². The van der Waals surface area contributed by atoms with Gasteiger partial charge in [-0.25, -0.2) is 8.42 Å². The molecule has 134 valence electrons. The maximum Gasteiger partial charge on any atom is 0.235 e. The molecule has 0 bridgehead atoms. The molecule has 0 radical (unpaired) electrons. The molecular formula is C15H23N3O5S. The summed E-state index contributed by atoms with van der Waals surface area (Å²) in [6, 6.07) is -0.0745. The van der Waals surface area contributed by atoms with Crippen molar-refractivity contribution in [3.63, 3.8) is 0 Å². The molecule has 1 aromatic rings. The first-order valence-electron chi connectivity index (χ1n) is 8.14. The van der Waals surface area contributed by atoms with E-state index in [0.717, 1.165) is 56.0 Å². The number of amides is 1. The Bertz CT molecular complexity index is 694. The van der Waals surface area contributed by atoms with Gasteiger partial charge in [-0.15, -0.1) is 0 Å². The van der Waals surface area contributed by atoms with Crippen molar-refractivity contribution in [2.75, 3.05) is 38.3 Å². The van der Waals surface area contributed by atoms with Gasteiger partial charge in [-0.05, 0) is 12.8 Å². The average Bonchev–Trinajstić information content (AvgIpc) is 2.89. The molecule has 1 N–H and O–H groups in total. The zero-order chi connectivity index (χ0) is 17.2. The average molecular weight is 357 g/mol. The van der Waals surface area contributed by atoms with Crippen molar-refractivity contribution in [2.24, 2.45) is 0 Å². The van der Waals surface area contributed by atoms with Crippen LogP contribution in [-0.4, -0.2) is 68.7 Å². The zero-order valence-electron chi connectivity index (χ0n) is 13.8. The topological polar surface area (TPSA) is 102 Å². The van der Waals surface area contributed by atoms with Crippen LogP contribution in [0.3, 0.4) is 0 Å². The Labute approximate surface area is 141 Å². The molecule has 9 heteroatoms. The Morgan fingerprint density at radius 3 is 2.83 bits per heavy atom. The lowest BCUT2D eigenvalue weighted by atomic mass is 9.92. The molecule has 0 aromatic carbocycles. The van der Waals surface area contributed by atoms with E-state index in [2.05, 4.69) is 15.4 Å². The second-order valence-corrected chi connectivity index (χ2v) is 8.64. The highest BCUT2D eigenvalue weighted by atomic mass is 32.2. The number of morpholine rings is 1. The third-order valence-electron chi connectivity index (χ3n) is 4.36. The van der Waals surface area contributed by atoms with Gasteiger partial charge >= 0.3 is 0 Å². The van der Waals surface area contributed by atoms with Crippen molar-refractivity contribution in [3.8, 4) is 0 Å². The SMILES string of the molecule is CS(=O)(=O)CC(=O)NC1CCc2onc(CN3CCOCC3)c2C1. The summed E-state index contributed by atoms with van der Waals surface area (Å²) in [6.45, 7) is 3.91. The molecular weight excluding hydrogens is 334 g/mol. The van der Waals surface area contributed by atoms with Gasteiger partial charge in [0.05, 0.1) is 13.2 Å². The first-order chi connectivity index (χ1) is 11.4. The van der Waals surface area contributed by atoms with Gasteiger partial charge in [0.1, 0.15) is 17.2 Å². The lowest BCUT2D eigenvalue weighted by Crippen LogP contribution is -2.41. The van der Waals surface area contributed by atoms with Gasteiger partial charge in [0.2, 0.25) is 5.91 Å². The fourth-order valence-electron chi connectivity index (χ4n) is 3.19. The third kappa shape index (κ3) is 4.55. The van der Waals surface area contributed by atoms with Gasteiger partial charge in [0, 0.05) is 43.9 Å². The summed E-state index contributed by atoms with van der Waals surface area (Å²) in [7, 11) is -3.31. The largest absolute Gasteiger partial charge is 0.379 e. The Hall–Kier alpha value is -1.45. The maximum atomic E-state index is 11.8. The second kappa shape index (κ2) is 7.20. The van der Waals surface area contributed by atoms with Crippen molar-refractivity contribution in [3.05, 3.63) is 17.0 Å². The number of sulfone groups is 1. The monoisotopic (exact) mass is 357 g/mol. The lowest BCUT2D eigenvalue weighted by molar-refractivity contribution is -0.119. The van der Waals surface area contributed by atoms with Gasteiger partial charge in [0.15, 0.2) is 9.84 Å². The quantitative estimate of drug-likeness (QED) is 0.760. The third-order valence-corrected chi connectivity index (χ3v) is 5.14. The highest BCUT2D eigenvalue weighted by Crippen LogP contribution is 2.25. The number of rotatable bonds is 5. The number of aromatic nitrogens is 1. The number of nitrogens with zero attached hydrogens (tertiary/aromatic N) is 2. The van der Waals surface area contributed by atoms with Crippen LogP contribution in [0.15, 0.2) is 4.52 Å². The molecule has 1 aliphatic heterocycles. The number of ether oxygens (including phenoxy) is 1.